The zero-order valence-corrected chi connectivity index (χ0v) is 11.9. The molecule has 0 radical (unpaired) electrons. The quantitative estimate of drug-likeness (QED) is 0.681. The third kappa shape index (κ3) is 6.48. The second kappa shape index (κ2) is 8.07. The van der Waals surface area contributed by atoms with Crippen LogP contribution in [0.15, 0.2) is 0 Å². The molecule has 0 amide bonds. The molecule has 98 valence electrons. The molecule has 16 heavy (non-hydrogen) atoms. The molecule has 4 heteroatoms. The Morgan fingerprint density at radius 2 is 1.81 bits per heavy atom. The van der Waals surface area contributed by atoms with E-state index in [9.17, 15) is 8.42 Å². The van der Waals surface area contributed by atoms with Crippen LogP contribution in [-0.2, 0) is 9.84 Å². The van der Waals surface area contributed by atoms with Crippen LogP contribution >= 0.6 is 0 Å². The second-order valence-electron chi connectivity index (χ2n) is 4.47. The van der Waals surface area contributed by atoms with Crippen molar-refractivity contribution in [3.8, 4) is 0 Å². The molecule has 3 nitrogen and oxygen atoms in total. The summed E-state index contributed by atoms with van der Waals surface area (Å²) in [4.78, 5) is 0. The summed E-state index contributed by atoms with van der Waals surface area (Å²) in [6.07, 6.45) is 2.95. The summed E-state index contributed by atoms with van der Waals surface area (Å²) in [7, 11) is -2.80. The zero-order valence-electron chi connectivity index (χ0n) is 11.1. The molecular weight excluding hydrogens is 222 g/mol. The fourth-order valence-electron chi connectivity index (χ4n) is 1.79. The monoisotopic (exact) mass is 249 g/mol. The third-order valence-corrected chi connectivity index (χ3v) is 4.84. The van der Waals surface area contributed by atoms with Crippen molar-refractivity contribution in [2.45, 2.75) is 53.0 Å². The highest BCUT2D eigenvalue weighted by Crippen LogP contribution is 2.13. The summed E-state index contributed by atoms with van der Waals surface area (Å²) < 4.78 is 22.8. The van der Waals surface area contributed by atoms with Gasteiger partial charge in [0.05, 0.1) is 5.75 Å². The van der Waals surface area contributed by atoms with Crippen molar-refractivity contribution >= 4 is 9.84 Å². The maximum atomic E-state index is 11.4. The van der Waals surface area contributed by atoms with E-state index in [0.29, 0.717) is 17.7 Å². The van der Waals surface area contributed by atoms with Crippen molar-refractivity contribution in [1.82, 2.24) is 5.32 Å². The van der Waals surface area contributed by atoms with Crippen LogP contribution in [0.5, 0.6) is 0 Å². The van der Waals surface area contributed by atoms with E-state index in [2.05, 4.69) is 26.1 Å². The van der Waals surface area contributed by atoms with E-state index >= 15 is 0 Å². The lowest BCUT2D eigenvalue weighted by Crippen LogP contribution is -2.35. The van der Waals surface area contributed by atoms with Gasteiger partial charge in [-0.15, -0.1) is 0 Å². The highest BCUT2D eigenvalue weighted by molar-refractivity contribution is 7.91. The van der Waals surface area contributed by atoms with Crippen LogP contribution in [0.4, 0.5) is 0 Å². The Kier molecular flexibility index (Phi) is 8.02. The van der Waals surface area contributed by atoms with Gasteiger partial charge in [0.1, 0.15) is 9.84 Å². The number of rotatable bonds is 9. The molecule has 0 aliphatic heterocycles. The van der Waals surface area contributed by atoms with Gasteiger partial charge in [0.2, 0.25) is 0 Å². The van der Waals surface area contributed by atoms with Crippen molar-refractivity contribution in [2.24, 2.45) is 5.92 Å². The molecule has 0 aliphatic carbocycles. The number of hydrogen-bond donors (Lipinski definition) is 1. The molecule has 1 N–H and O–H groups in total. The molecule has 0 spiro atoms. The highest BCUT2D eigenvalue weighted by Gasteiger charge is 2.17. The van der Waals surface area contributed by atoms with E-state index in [4.69, 9.17) is 0 Å². The molecule has 0 aliphatic rings. The lowest BCUT2D eigenvalue weighted by Gasteiger charge is -2.23. The van der Waals surface area contributed by atoms with Crippen LogP contribution in [0.25, 0.3) is 0 Å². The van der Waals surface area contributed by atoms with Gasteiger partial charge in [-0.05, 0) is 31.7 Å². The van der Waals surface area contributed by atoms with Crippen molar-refractivity contribution in [3.63, 3.8) is 0 Å². The summed E-state index contributed by atoms with van der Waals surface area (Å²) in [6.45, 7) is 9.17. The molecular formula is C12H27NO2S. The van der Waals surface area contributed by atoms with Gasteiger partial charge in [-0.3, -0.25) is 0 Å². The van der Waals surface area contributed by atoms with E-state index in [1.165, 1.54) is 0 Å². The molecule has 0 aromatic rings. The molecule has 0 bridgehead atoms. The minimum atomic E-state index is -2.80. The first-order valence-electron chi connectivity index (χ1n) is 6.40. The Morgan fingerprint density at radius 3 is 2.25 bits per heavy atom. The smallest absolute Gasteiger partial charge is 0.150 e. The van der Waals surface area contributed by atoms with E-state index in [-0.39, 0.29) is 5.75 Å². The molecule has 0 fully saturated rings. The van der Waals surface area contributed by atoms with Crippen molar-refractivity contribution < 1.29 is 8.42 Å². The zero-order chi connectivity index (χ0) is 12.6. The van der Waals surface area contributed by atoms with Gasteiger partial charge < -0.3 is 5.32 Å². The maximum absolute atomic E-state index is 11.4. The summed E-state index contributed by atoms with van der Waals surface area (Å²) in [5, 5.41) is 3.48. The van der Waals surface area contributed by atoms with Crippen molar-refractivity contribution in [1.29, 1.82) is 0 Å². The highest BCUT2D eigenvalue weighted by atomic mass is 32.2. The van der Waals surface area contributed by atoms with Crippen LogP contribution < -0.4 is 5.32 Å². The van der Waals surface area contributed by atoms with E-state index in [0.717, 1.165) is 25.8 Å². The summed E-state index contributed by atoms with van der Waals surface area (Å²) in [5.74, 6) is 1.02. The first kappa shape index (κ1) is 15.9. The first-order chi connectivity index (χ1) is 7.46. The normalized spacial score (nSPS) is 16.0. The van der Waals surface area contributed by atoms with Crippen LogP contribution in [0.2, 0.25) is 0 Å². The van der Waals surface area contributed by atoms with Crippen molar-refractivity contribution in [2.75, 3.05) is 18.1 Å². The average Bonchev–Trinajstić information content (AvgIpc) is 2.27. The fraction of sp³-hybridized carbons (Fsp3) is 1.00. The molecule has 0 aromatic heterocycles. The summed E-state index contributed by atoms with van der Waals surface area (Å²) in [5.41, 5.74) is 0. The first-order valence-corrected chi connectivity index (χ1v) is 8.22. The molecule has 0 aromatic carbocycles. The summed E-state index contributed by atoms with van der Waals surface area (Å²) in [6, 6.07) is 0.451. The number of nitrogens with one attached hydrogen (secondary N) is 1. The predicted octanol–water partition coefficient (Wildman–Crippen LogP) is 2.23. The van der Waals surface area contributed by atoms with Gasteiger partial charge in [-0.25, -0.2) is 8.42 Å². The lowest BCUT2D eigenvalue weighted by atomic mass is 9.97. The van der Waals surface area contributed by atoms with Gasteiger partial charge in [0, 0.05) is 11.8 Å². The minimum absolute atomic E-state index is 0.263. The van der Waals surface area contributed by atoms with E-state index in [1.807, 2.05) is 0 Å². The predicted molar refractivity (Wildman–Crippen MR) is 70.5 cm³/mol. The molecule has 0 saturated heterocycles. The van der Waals surface area contributed by atoms with Gasteiger partial charge in [-0.1, -0.05) is 27.7 Å². The SMILES string of the molecule is CCCNC(CC)C(C)CCS(=O)(=O)CC. The summed E-state index contributed by atoms with van der Waals surface area (Å²) >= 11 is 0. The number of hydrogen-bond acceptors (Lipinski definition) is 3. The van der Waals surface area contributed by atoms with E-state index < -0.39 is 9.84 Å². The Balaban J connectivity index is 4.06. The molecule has 0 rings (SSSR count). The Morgan fingerprint density at radius 1 is 1.19 bits per heavy atom. The Labute approximate surface area is 101 Å². The van der Waals surface area contributed by atoms with Crippen LogP contribution in [-0.4, -0.2) is 32.5 Å². The molecule has 0 heterocycles. The van der Waals surface area contributed by atoms with E-state index in [1.54, 1.807) is 6.92 Å². The lowest BCUT2D eigenvalue weighted by molar-refractivity contribution is 0.358. The van der Waals surface area contributed by atoms with Gasteiger partial charge >= 0.3 is 0 Å². The molecule has 0 saturated carbocycles. The Bertz CT molecular complexity index is 262. The third-order valence-electron chi connectivity index (χ3n) is 3.11. The maximum Gasteiger partial charge on any atom is 0.150 e. The van der Waals surface area contributed by atoms with Crippen LogP contribution in [0, 0.1) is 5.92 Å². The Hall–Kier alpha value is -0.0900. The number of sulfone groups is 1. The van der Waals surface area contributed by atoms with Crippen LogP contribution in [0.1, 0.15) is 47.0 Å². The minimum Gasteiger partial charge on any atom is -0.314 e. The molecule has 2 atom stereocenters. The largest absolute Gasteiger partial charge is 0.314 e. The fourth-order valence-corrected chi connectivity index (χ4v) is 2.81. The van der Waals surface area contributed by atoms with Gasteiger partial charge in [-0.2, -0.15) is 0 Å². The molecule has 2 unspecified atom stereocenters. The average molecular weight is 249 g/mol. The standard InChI is InChI=1S/C12H27NO2S/c1-5-9-13-12(6-2)11(4)8-10-16(14,15)7-3/h11-13H,5-10H2,1-4H3. The topological polar surface area (TPSA) is 46.2 Å². The van der Waals surface area contributed by atoms with Crippen molar-refractivity contribution in [3.05, 3.63) is 0 Å². The van der Waals surface area contributed by atoms with Crippen LogP contribution in [0.3, 0.4) is 0 Å². The second-order valence-corrected chi connectivity index (χ2v) is 6.94. The van der Waals surface area contributed by atoms with Gasteiger partial charge in [0.15, 0.2) is 0 Å². The van der Waals surface area contributed by atoms with Gasteiger partial charge in [0.25, 0.3) is 0 Å².